The van der Waals surface area contributed by atoms with Gasteiger partial charge >= 0.3 is 0 Å². The van der Waals surface area contributed by atoms with Crippen molar-refractivity contribution in [3.8, 4) is 0 Å². The van der Waals surface area contributed by atoms with Gasteiger partial charge in [-0.05, 0) is 43.8 Å². The van der Waals surface area contributed by atoms with Crippen LogP contribution >= 0.6 is 12.4 Å². The molecule has 3 rings (SSSR count). The second kappa shape index (κ2) is 7.45. The molecule has 0 bridgehead atoms. The van der Waals surface area contributed by atoms with Crippen molar-refractivity contribution >= 4 is 18.3 Å². The fourth-order valence-corrected chi connectivity index (χ4v) is 3.62. The van der Waals surface area contributed by atoms with Crippen molar-refractivity contribution in [3.63, 3.8) is 0 Å². The van der Waals surface area contributed by atoms with E-state index in [1.807, 2.05) is 0 Å². The third-order valence-corrected chi connectivity index (χ3v) is 5.07. The Hall–Kier alpha value is -1.39. The zero-order valence-electron chi connectivity index (χ0n) is 13.3. The molecule has 1 aliphatic heterocycles. The van der Waals surface area contributed by atoms with Crippen molar-refractivity contribution in [1.82, 2.24) is 10.2 Å². The predicted octanol–water partition coefficient (Wildman–Crippen LogP) is 3.15. The number of nitrogens with zero attached hydrogens (tertiary/aromatic N) is 1. The molecule has 1 N–H and O–H groups in total. The summed E-state index contributed by atoms with van der Waals surface area (Å²) < 4.78 is 13.8. The monoisotopic (exact) mass is 338 g/mol. The Bertz CT molecular complexity index is 572. The molecule has 1 spiro atoms. The maximum Gasteiger partial charge on any atom is 0.226 e. The largest absolute Gasteiger partial charge is 0.334 e. The minimum absolute atomic E-state index is 0. The highest BCUT2D eigenvalue weighted by molar-refractivity contribution is 5.85. The molecule has 3 nitrogen and oxygen atoms in total. The zero-order valence-corrected chi connectivity index (χ0v) is 14.1. The van der Waals surface area contributed by atoms with Gasteiger partial charge in [0.15, 0.2) is 0 Å². The van der Waals surface area contributed by atoms with Crippen molar-refractivity contribution in [1.29, 1.82) is 0 Å². The average Bonchev–Trinajstić information content (AvgIpc) is 3.22. The second-order valence-electron chi connectivity index (χ2n) is 6.47. The summed E-state index contributed by atoms with van der Waals surface area (Å²) in [6, 6.07) is 6.66. The fraction of sp³-hybridized carbons (Fsp3) is 0.500. The van der Waals surface area contributed by atoms with Crippen LogP contribution in [0.2, 0.25) is 0 Å². The van der Waals surface area contributed by atoms with Crippen LogP contribution in [-0.4, -0.2) is 30.4 Å². The van der Waals surface area contributed by atoms with E-state index in [1.54, 1.807) is 29.2 Å². The predicted molar refractivity (Wildman–Crippen MR) is 91.9 cm³/mol. The Labute approximate surface area is 143 Å². The van der Waals surface area contributed by atoms with Crippen molar-refractivity contribution in [2.45, 2.75) is 25.8 Å². The molecule has 1 aliphatic carbocycles. The molecular weight excluding hydrogens is 315 g/mol. The molecule has 5 heteroatoms. The van der Waals surface area contributed by atoms with E-state index in [4.69, 9.17) is 0 Å². The van der Waals surface area contributed by atoms with E-state index in [1.165, 1.54) is 6.07 Å². The van der Waals surface area contributed by atoms with Crippen LogP contribution in [0.15, 0.2) is 36.9 Å². The summed E-state index contributed by atoms with van der Waals surface area (Å²) in [5, 5.41) is 3.35. The Kier molecular flexibility index (Phi) is 5.82. The van der Waals surface area contributed by atoms with E-state index < -0.39 is 0 Å². The van der Waals surface area contributed by atoms with Gasteiger partial charge in [0.2, 0.25) is 5.91 Å². The van der Waals surface area contributed by atoms with Gasteiger partial charge in [-0.1, -0.05) is 24.3 Å². The molecule has 1 heterocycles. The molecule has 1 aromatic rings. The minimum atomic E-state index is -0.253. The Morgan fingerprint density at radius 1 is 1.39 bits per heavy atom. The summed E-state index contributed by atoms with van der Waals surface area (Å²) in [5.74, 6) is 0.0168. The highest BCUT2D eigenvalue weighted by Gasteiger charge is 2.58. The van der Waals surface area contributed by atoms with E-state index in [9.17, 15) is 9.18 Å². The van der Waals surface area contributed by atoms with Gasteiger partial charge in [0.25, 0.3) is 0 Å². The van der Waals surface area contributed by atoms with Crippen LogP contribution in [0.25, 0.3) is 0 Å². The summed E-state index contributed by atoms with van der Waals surface area (Å²) in [5.41, 5.74) is 0.773. The standard InChI is InChI=1S/C18H23FN2O.ClH/c1-2-11-21(13-14-5-3-4-6-16(14)19)17(22)15-12-18(15)7-9-20-10-8-18;/h2-6,15,20H,1,7-13H2;1H. The topological polar surface area (TPSA) is 32.3 Å². The molecule has 1 saturated heterocycles. The lowest BCUT2D eigenvalue weighted by Crippen LogP contribution is -2.36. The SMILES string of the molecule is C=CCN(Cc1ccccc1F)C(=O)C1CC12CCNCC2.Cl. The second-order valence-corrected chi connectivity index (χ2v) is 6.47. The van der Waals surface area contributed by atoms with E-state index in [0.29, 0.717) is 18.7 Å². The number of carbonyl (C=O) groups is 1. The van der Waals surface area contributed by atoms with Gasteiger partial charge in [0.05, 0.1) is 0 Å². The number of amides is 1. The van der Waals surface area contributed by atoms with Crippen molar-refractivity contribution < 1.29 is 9.18 Å². The molecule has 1 aromatic carbocycles. The Morgan fingerprint density at radius 2 is 2.09 bits per heavy atom. The molecular formula is C18H24ClFN2O. The summed E-state index contributed by atoms with van der Waals surface area (Å²) in [7, 11) is 0. The summed E-state index contributed by atoms with van der Waals surface area (Å²) in [6.07, 6.45) is 4.85. The van der Waals surface area contributed by atoms with E-state index in [2.05, 4.69) is 11.9 Å². The number of benzene rings is 1. The number of halogens is 2. The van der Waals surface area contributed by atoms with Crippen LogP contribution in [0.1, 0.15) is 24.8 Å². The highest BCUT2D eigenvalue weighted by Crippen LogP contribution is 2.59. The molecule has 2 fully saturated rings. The number of hydrogen-bond acceptors (Lipinski definition) is 2. The third kappa shape index (κ3) is 3.75. The fourth-order valence-electron chi connectivity index (χ4n) is 3.62. The van der Waals surface area contributed by atoms with Crippen LogP contribution in [-0.2, 0) is 11.3 Å². The van der Waals surface area contributed by atoms with Gasteiger partial charge in [0.1, 0.15) is 5.82 Å². The van der Waals surface area contributed by atoms with E-state index in [-0.39, 0.29) is 35.5 Å². The molecule has 1 atom stereocenters. The van der Waals surface area contributed by atoms with Crippen LogP contribution in [0.5, 0.6) is 0 Å². The molecule has 126 valence electrons. The van der Waals surface area contributed by atoms with Crippen LogP contribution in [0.3, 0.4) is 0 Å². The Morgan fingerprint density at radius 3 is 2.74 bits per heavy atom. The lowest BCUT2D eigenvalue weighted by Gasteiger charge is -2.26. The van der Waals surface area contributed by atoms with Gasteiger partial charge in [-0.15, -0.1) is 19.0 Å². The summed E-state index contributed by atoms with van der Waals surface area (Å²) in [4.78, 5) is 14.6. The lowest BCUT2D eigenvalue weighted by molar-refractivity contribution is -0.133. The average molecular weight is 339 g/mol. The first-order valence-electron chi connectivity index (χ1n) is 8.00. The zero-order chi connectivity index (χ0) is 15.6. The number of hydrogen-bond donors (Lipinski definition) is 1. The Balaban J connectivity index is 0.00000192. The first-order valence-corrected chi connectivity index (χ1v) is 8.00. The van der Waals surface area contributed by atoms with E-state index in [0.717, 1.165) is 32.4 Å². The first kappa shape index (κ1) is 18.0. The van der Waals surface area contributed by atoms with Gasteiger partial charge in [-0.2, -0.15) is 0 Å². The maximum atomic E-state index is 13.8. The molecule has 1 amide bonds. The van der Waals surface area contributed by atoms with Gasteiger partial charge in [-0.25, -0.2) is 4.39 Å². The van der Waals surface area contributed by atoms with E-state index >= 15 is 0 Å². The summed E-state index contributed by atoms with van der Waals surface area (Å²) >= 11 is 0. The lowest BCUT2D eigenvalue weighted by atomic mass is 9.91. The maximum absolute atomic E-state index is 13.8. The van der Waals surface area contributed by atoms with Crippen molar-refractivity contribution in [2.75, 3.05) is 19.6 Å². The number of nitrogens with one attached hydrogen (secondary N) is 1. The van der Waals surface area contributed by atoms with Crippen molar-refractivity contribution in [2.24, 2.45) is 11.3 Å². The smallest absolute Gasteiger partial charge is 0.226 e. The van der Waals surface area contributed by atoms with Crippen LogP contribution in [0.4, 0.5) is 4.39 Å². The minimum Gasteiger partial charge on any atom is -0.334 e. The van der Waals surface area contributed by atoms with Crippen molar-refractivity contribution in [3.05, 3.63) is 48.3 Å². The first-order chi connectivity index (χ1) is 10.7. The molecule has 23 heavy (non-hydrogen) atoms. The van der Waals surface area contributed by atoms with Gasteiger partial charge < -0.3 is 10.2 Å². The number of carbonyl (C=O) groups excluding carboxylic acids is 1. The molecule has 2 aliphatic rings. The molecule has 0 aromatic heterocycles. The van der Waals surface area contributed by atoms with Gasteiger partial charge in [0, 0.05) is 24.6 Å². The van der Waals surface area contributed by atoms with Gasteiger partial charge in [-0.3, -0.25) is 4.79 Å². The molecule has 0 radical (unpaired) electrons. The molecule has 1 saturated carbocycles. The molecule has 1 unspecified atom stereocenters. The van der Waals surface area contributed by atoms with Crippen LogP contribution in [0, 0.1) is 17.2 Å². The summed E-state index contributed by atoms with van der Waals surface area (Å²) in [6.45, 7) is 6.52. The number of piperidine rings is 1. The quantitative estimate of drug-likeness (QED) is 0.836. The number of rotatable bonds is 5. The normalized spacial score (nSPS) is 21.3. The highest BCUT2D eigenvalue weighted by atomic mass is 35.5. The third-order valence-electron chi connectivity index (χ3n) is 5.07. The van der Waals surface area contributed by atoms with Crippen LogP contribution < -0.4 is 5.32 Å².